The summed E-state index contributed by atoms with van der Waals surface area (Å²) in [6.07, 6.45) is 1.34. The molecule has 0 saturated carbocycles. The summed E-state index contributed by atoms with van der Waals surface area (Å²) in [5, 5.41) is 9.21. The number of alkyl halides is 1. The highest BCUT2D eigenvalue weighted by Crippen LogP contribution is 2.30. The first-order valence-electron chi connectivity index (χ1n) is 12.1. The third-order valence-electron chi connectivity index (χ3n) is 6.99. The lowest BCUT2D eigenvalue weighted by atomic mass is 9.90. The Kier molecular flexibility index (Phi) is 9.05. The van der Waals surface area contributed by atoms with E-state index in [-0.39, 0.29) is 41.1 Å². The number of fused-ring (bicyclic) bond motifs is 1. The monoisotopic (exact) mass is 495 g/mol. The molecule has 36 heavy (non-hydrogen) atoms. The number of benzene rings is 1. The lowest BCUT2D eigenvalue weighted by Gasteiger charge is -2.36. The molecule has 7 nitrogen and oxygen atoms in total. The largest absolute Gasteiger partial charge is 0.495 e. The Morgan fingerprint density at radius 3 is 2.58 bits per heavy atom. The van der Waals surface area contributed by atoms with Gasteiger partial charge in [0.25, 0.3) is 0 Å². The van der Waals surface area contributed by atoms with Crippen molar-refractivity contribution in [3.63, 3.8) is 0 Å². The summed E-state index contributed by atoms with van der Waals surface area (Å²) in [6.45, 7) is 12.9. The van der Waals surface area contributed by atoms with Gasteiger partial charge >= 0.3 is 5.97 Å². The summed E-state index contributed by atoms with van der Waals surface area (Å²) >= 11 is 0. The number of amides is 1. The third-order valence-corrected chi connectivity index (χ3v) is 6.99. The number of piperazine rings is 1. The number of allylic oxidation sites excluding steroid dienone is 3. The van der Waals surface area contributed by atoms with Gasteiger partial charge in [-0.1, -0.05) is 19.6 Å². The number of cyclic esters (lactones) is 1. The van der Waals surface area contributed by atoms with Gasteiger partial charge in [0.15, 0.2) is 0 Å². The molecule has 1 aromatic rings. The van der Waals surface area contributed by atoms with Crippen LogP contribution in [0.15, 0.2) is 47.8 Å². The van der Waals surface area contributed by atoms with Crippen molar-refractivity contribution >= 4 is 11.9 Å². The van der Waals surface area contributed by atoms with E-state index in [4.69, 9.17) is 9.47 Å². The fourth-order valence-electron chi connectivity index (χ4n) is 4.78. The van der Waals surface area contributed by atoms with Crippen molar-refractivity contribution in [2.75, 3.05) is 39.8 Å². The summed E-state index contributed by atoms with van der Waals surface area (Å²) in [4.78, 5) is 28.8. The molecule has 1 fully saturated rings. The Morgan fingerprint density at radius 1 is 1.31 bits per heavy atom. The normalized spacial score (nSPS) is 18.5. The van der Waals surface area contributed by atoms with Crippen LogP contribution in [-0.2, 0) is 20.9 Å². The highest BCUT2D eigenvalue weighted by atomic mass is 19.1. The number of esters is 1. The average molecular weight is 496 g/mol. The quantitative estimate of drug-likeness (QED) is 0.221. The maximum Gasteiger partial charge on any atom is 0.338 e. The maximum absolute atomic E-state index is 14.3. The van der Waals surface area contributed by atoms with Gasteiger partial charge in [0.1, 0.15) is 24.6 Å². The number of hydrogen-bond donors (Lipinski definition) is 0. The molecular weight excluding hydrogens is 461 g/mol. The zero-order chi connectivity index (χ0) is 26.4. The lowest BCUT2D eigenvalue weighted by molar-refractivity contribution is -0.132. The van der Waals surface area contributed by atoms with Crippen LogP contribution in [-0.4, -0.2) is 67.7 Å². The Bertz CT molecular complexity index is 1120. The number of hydrogen-bond acceptors (Lipinski definition) is 6. The lowest BCUT2D eigenvalue weighted by Crippen LogP contribution is -2.49. The minimum absolute atomic E-state index is 0.0775. The molecule has 8 heteroatoms. The number of carbonyl (C=O) groups excluding carboxylic acids is 2. The predicted molar refractivity (Wildman–Crippen MR) is 135 cm³/mol. The molecule has 0 bridgehead atoms. The van der Waals surface area contributed by atoms with Crippen LogP contribution in [0.1, 0.15) is 53.2 Å². The van der Waals surface area contributed by atoms with E-state index in [1.807, 2.05) is 25.1 Å². The van der Waals surface area contributed by atoms with E-state index in [2.05, 4.69) is 18.4 Å². The topological polar surface area (TPSA) is 82.9 Å². The zero-order valence-corrected chi connectivity index (χ0v) is 21.5. The van der Waals surface area contributed by atoms with E-state index in [1.165, 1.54) is 31.7 Å². The Morgan fingerprint density at radius 2 is 2.00 bits per heavy atom. The SMILES string of the molecule is C=C/C(C#N)=C(\C=C(\CC(=O)N1CCN(CC(C)c2ccc3c(c2C)COC3=O)CC1)C(C)F)OC. The molecule has 0 radical (unpaired) electrons. The van der Waals surface area contributed by atoms with Crippen molar-refractivity contribution in [3.8, 4) is 6.07 Å². The molecular formula is C28H34FN3O4. The number of nitriles is 1. The van der Waals surface area contributed by atoms with E-state index < -0.39 is 6.17 Å². The molecule has 2 aliphatic rings. The van der Waals surface area contributed by atoms with Gasteiger partial charge in [0.05, 0.1) is 24.7 Å². The van der Waals surface area contributed by atoms with Gasteiger partial charge in [-0.3, -0.25) is 9.69 Å². The van der Waals surface area contributed by atoms with Crippen molar-refractivity contribution < 1.29 is 23.5 Å². The fourth-order valence-corrected chi connectivity index (χ4v) is 4.78. The van der Waals surface area contributed by atoms with Crippen LogP contribution in [0.4, 0.5) is 4.39 Å². The second kappa shape index (κ2) is 12.0. The summed E-state index contributed by atoms with van der Waals surface area (Å²) in [7, 11) is 1.40. The molecule has 192 valence electrons. The number of ether oxygens (including phenoxy) is 2. The van der Waals surface area contributed by atoms with Gasteiger partial charge in [-0.05, 0) is 54.7 Å². The second-order valence-corrected chi connectivity index (χ2v) is 9.27. The number of rotatable bonds is 9. The van der Waals surface area contributed by atoms with Crippen molar-refractivity contribution in [2.24, 2.45) is 0 Å². The molecule has 0 N–H and O–H groups in total. The Labute approximate surface area is 212 Å². The van der Waals surface area contributed by atoms with Gasteiger partial charge < -0.3 is 14.4 Å². The Hall–Kier alpha value is -3.44. The Balaban J connectivity index is 1.59. The molecule has 2 atom stereocenters. The highest BCUT2D eigenvalue weighted by Gasteiger charge is 2.27. The molecule has 0 aliphatic carbocycles. The van der Waals surface area contributed by atoms with Gasteiger partial charge in [-0.15, -0.1) is 0 Å². The molecule has 1 amide bonds. The summed E-state index contributed by atoms with van der Waals surface area (Å²) < 4.78 is 24.7. The highest BCUT2D eigenvalue weighted by molar-refractivity contribution is 5.94. The van der Waals surface area contributed by atoms with E-state index >= 15 is 0 Å². The molecule has 2 aliphatic heterocycles. The third kappa shape index (κ3) is 6.03. The fraction of sp³-hybridized carbons (Fsp3) is 0.464. The molecule has 1 aromatic carbocycles. The van der Waals surface area contributed by atoms with Crippen LogP contribution in [0, 0.1) is 18.3 Å². The van der Waals surface area contributed by atoms with Crippen LogP contribution < -0.4 is 0 Å². The number of nitrogens with zero attached hydrogens (tertiary/aromatic N) is 3. The molecule has 2 unspecified atom stereocenters. The minimum atomic E-state index is -1.36. The molecule has 3 rings (SSSR count). The smallest absolute Gasteiger partial charge is 0.338 e. The van der Waals surface area contributed by atoms with Crippen LogP contribution in [0.2, 0.25) is 0 Å². The molecule has 0 aromatic heterocycles. The number of halogens is 1. The van der Waals surface area contributed by atoms with Gasteiger partial charge in [0.2, 0.25) is 5.91 Å². The molecule has 2 heterocycles. The second-order valence-electron chi connectivity index (χ2n) is 9.27. The molecule has 1 saturated heterocycles. The van der Waals surface area contributed by atoms with Crippen LogP contribution in [0.3, 0.4) is 0 Å². The minimum Gasteiger partial charge on any atom is -0.495 e. The van der Waals surface area contributed by atoms with E-state index in [0.717, 1.165) is 30.8 Å². The van der Waals surface area contributed by atoms with Gasteiger partial charge in [-0.25, -0.2) is 9.18 Å². The van der Waals surface area contributed by atoms with Gasteiger partial charge in [-0.2, -0.15) is 5.26 Å². The average Bonchev–Trinajstić information content (AvgIpc) is 3.25. The number of carbonyl (C=O) groups is 2. The van der Waals surface area contributed by atoms with E-state index in [9.17, 15) is 19.2 Å². The summed E-state index contributed by atoms with van der Waals surface area (Å²) in [5.41, 5.74) is 4.40. The standard InChI is InChI=1S/C28H34FN3O4/c1-6-21(15-30)26(35-5)13-22(20(4)29)14-27(33)32-11-9-31(10-12-32)16-18(2)23-7-8-24-25(19(23)3)17-36-28(24)34/h6-8,13,18,20H,1,9-12,14,16-17H2,2-5H3/b22-13-,26-21-. The van der Waals surface area contributed by atoms with Crippen LogP contribution in [0.5, 0.6) is 0 Å². The van der Waals surface area contributed by atoms with Gasteiger partial charge in [0, 0.05) is 38.3 Å². The number of methoxy groups -OCH3 is 1. The first-order chi connectivity index (χ1) is 17.2. The van der Waals surface area contributed by atoms with Crippen LogP contribution >= 0.6 is 0 Å². The molecule has 0 spiro atoms. The van der Waals surface area contributed by atoms with Crippen molar-refractivity contribution in [1.29, 1.82) is 5.26 Å². The summed E-state index contributed by atoms with van der Waals surface area (Å²) in [5.74, 6) is 0.0454. The van der Waals surface area contributed by atoms with Crippen molar-refractivity contribution in [2.45, 2.75) is 45.9 Å². The zero-order valence-electron chi connectivity index (χ0n) is 21.5. The van der Waals surface area contributed by atoms with E-state index in [0.29, 0.717) is 25.3 Å². The first kappa shape index (κ1) is 27.2. The van der Waals surface area contributed by atoms with E-state index in [1.54, 1.807) is 4.90 Å². The first-order valence-corrected chi connectivity index (χ1v) is 12.1. The summed E-state index contributed by atoms with van der Waals surface area (Å²) in [6, 6.07) is 5.84. The van der Waals surface area contributed by atoms with Crippen molar-refractivity contribution in [3.05, 3.63) is 70.0 Å². The van der Waals surface area contributed by atoms with Crippen LogP contribution in [0.25, 0.3) is 0 Å². The maximum atomic E-state index is 14.3. The predicted octanol–water partition coefficient (Wildman–Crippen LogP) is 4.20. The van der Waals surface area contributed by atoms with Crippen molar-refractivity contribution in [1.82, 2.24) is 9.80 Å².